The second-order valence-electron chi connectivity index (χ2n) is 9.07. The van der Waals surface area contributed by atoms with Crippen molar-refractivity contribution in [3.05, 3.63) is 51.7 Å². The van der Waals surface area contributed by atoms with Gasteiger partial charge in [0, 0.05) is 11.1 Å². The molecule has 0 radical (unpaired) electrons. The Morgan fingerprint density at radius 1 is 1.29 bits per heavy atom. The number of thiophene rings is 1. The summed E-state index contributed by atoms with van der Waals surface area (Å²) in [6.45, 7) is 2.32. The Morgan fingerprint density at radius 2 is 2.18 bits per heavy atom. The number of nitrogens with zero attached hydrogens (tertiary/aromatic N) is 1. The SMILES string of the molecule is COc1ccc2c(c1)CC[C@@H]1[C@@H]2CC[C@]2(C)[C@@H](O)[C@@H](N=Cc3cccs3)C[C@@H]12. The van der Waals surface area contributed by atoms with Crippen LogP contribution in [0.15, 0.2) is 40.7 Å². The fourth-order valence-electron chi connectivity index (χ4n) is 6.35. The molecule has 3 aliphatic carbocycles. The second-order valence-corrected chi connectivity index (χ2v) is 10.0. The van der Waals surface area contributed by atoms with Crippen LogP contribution in [0, 0.1) is 17.3 Å². The van der Waals surface area contributed by atoms with E-state index in [2.05, 4.69) is 42.6 Å². The summed E-state index contributed by atoms with van der Waals surface area (Å²) in [7, 11) is 1.75. The Balaban J connectivity index is 1.41. The van der Waals surface area contributed by atoms with E-state index in [1.165, 1.54) is 28.8 Å². The maximum Gasteiger partial charge on any atom is 0.119 e. The Labute approximate surface area is 171 Å². The van der Waals surface area contributed by atoms with Gasteiger partial charge in [-0.05, 0) is 90.0 Å². The summed E-state index contributed by atoms with van der Waals surface area (Å²) in [5, 5.41) is 13.3. The van der Waals surface area contributed by atoms with Crippen molar-refractivity contribution in [3.63, 3.8) is 0 Å². The summed E-state index contributed by atoms with van der Waals surface area (Å²) in [6, 6.07) is 10.8. The van der Waals surface area contributed by atoms with Crippen molar-refractivity contribution in [3.8, 4) is 5.75 Å². The highest BCUT2D eigenvalue weighted by Crippen LogP contribution is 2.61. The molecule has 2 aromatic rings. The molecule has 5 rings (SSSR count). The van der Waals surface area contributed by atoms with E-state index in [4.69, 9.17) is 9.73 Å². The van der Waals surface area contributed by atoms with Gasteiger partial charge in [-0.15, -0.1) is 11.3 Å². The van der Waals surface area contributed by atoms with Gasteiger partial charge < -0.3 is 9.84 Å². The van der Waals surface area contributed by atoms with E-state index in [1.54, 1.807) is 18.4 Å². The summed E-state index contributed by atoms with van der Waals surface area (Å²) in [4.78, 5) is 6.01. The highest BCUT2D eigenvalue weighted by molar-refractivity contribution is 7.11. The van der Waals surface area contributed by atoms with E-state index in [-0.39, 0.29) is 17.6 Å². The molecular weight excluding hydrogens is 366 g/mol. The van der Waals surface area contributed by atoms with Crippen molar-refractivity contribution in [2.24, 2.45) is 22.2 Å². The molecule has 1 aromatic carbocycles. The molecule has 3 aliphatic rings. The fourth-order valence-corrected chi connectivity index (χ4v) is 6.94. The first-order valence-electron chi connectivity index (χ1n) is 10.5. The lowest BCUT2D eigenvalue weighted by molar-refractivity contribution is -0.0254. The smallest absolute Gasteiger partial charge is 0.119 e. The van der Waals surface area contributed by atoms with Gasteiger partial charge in [0.05, 0.1) is 19.3 Å². The van der Waals surface area contributed by atoms with Crippen LogP contribution in [0.25, 0.3) is 0 Å². The Morgan fingerprint density at radius 3 is 2.96 bits per heavy atom. The van der Waals surface area contributed by atoms with Gasteiger partial charge in [-0.1, -0.05) is 19.1 Å². The fraction of sp³-hybridized carbons (Fsp3) is 0.542. The molecule has 1 aromatic heterocycles. The van der Waals surface area contributed by atoms with Gasteiger partial charge in [-0.25, -0.2) is 0 Å². The average molecular weight is 396 g/mol. The van der Waals surface area contributed by atoms with Gasteiger partial charge in [0.2, 0.25) is 0 Å². The van der Waals surface area contributed by atoms with Gasteiger partial charge in [0.1, 0.15) is 5.75 Å². The van der Waals surface area contributed by atoms with E-state index in [0.717, 1.165) is 25.0 Å². The molecule has 0 spiro atoms. The number of hydrogen-bond donors (Lipinski definition) is 1. The lowest BCUT2D eigenvalue weighted by Gasteiger charge is -2.50. The summed E-state index contributed by atoms with van der Waals surface area (Å²) < 4.78 is 5.44. The summed E-state index contributed by atoms with van der Waals surface area (Å²) in [6.07, 6.45) is 7.28. The van der Waals surface area contributed by atoms with Crippen LogP contribution in [0.5, 0.6) is 5.75 Å². The van der Waals surface area contributed by atoms with Crippen LogP contribution in [0.1, 0.15) is 54.5 Å². The van der Waals surface area contributed by atoms with Crippen molar-refractivity contribution < 1.29 is 9.84 Å². The molecule has 6 atom stereocenters. The van der Waals surface area contributed by atoms with E-state index in [1.807, 2.05) is 6.21 Å². The minimum absolute atomic E-state index is 0.00258. The zero-order chi connectivity index (χ0) is 19.3. The van der Waals surface area contributed by atoms with Crippen LogP contribution < -0.4 is 4.74 Å². The molecule has 148 valence electrons. The second kappa shape index (κ2) is 7.00. The molecule has 0 bridgehead atoms. The molecule has 2 fully saturated rings. The quantitative estimate of drug-likeness (QED) is 0.737. The lowest BCUT2D eigenvalue weighted by Crippen LogP contribution is -2.44. The number of rotatable bonds is 3. The molecule has 3 nitrogen and oxygen atoms in total. The van der Waals surface area contributed by atoms with Crippen LogP contribution in [-0.4, -0.2) is 30.6 Å². The first-order chi connectivity index (χ1) is 13.6. The first-order valence-corrected chi connectivity index (χ1v) is 11.4. The minimum atomic E-state index is -0.327. The van der Waals surface area contributed by atoms with E-state index in [9.17, 15) is 5.11 Å². The number of aryl methyl sites for hydroxylation is 1. The predicted octanol–water partition coefficient (Wildman–Crippen LogP) is 5.07. The number of methoxy groups -OCH3 is 1. The Kier molecular flexibility index (Phi) is 4.59. The molecule has 2 saturated carbocycles. The molecule has 1 N–H and O–H groups in total. The minimum Gasteiger partial charge on any atom is -0.497 e. The molecule has 0 unspecified atom stereocenters. The van der Waals surface area contributed by atoms with Crippen molar-refractivity contribution in [2.45, 2.75) is 57.1 Å². The number of fused-ring (bicyclic) bond motifs is 5. The standard InChI is InChI=1S/C24H29NO2S/c1-24-10-9-19-18-8-6-16(27-2)12-15(18)5-7-20(19)21(24)13-22(23(24)26)25-14-17-4-3-11-28-17/h3-4,6,8,11-12,14,19-23,26H,5,7,9-10,13H2,1-2H3/t19-,20-,21+,22+,23+,24+/m1/s1. The van der Waals surface area contributed by atoms with Crippen LogP contribution >= 0.6 is 11.3 Å². The largest absolute Gasteiger partial charge is 0.497 e. The topological polar surface area (TPSA) is 41.8 Å². The third-order valence-corrected chi connectivity index (χ3v) is 8.65. The average Bonchev–Trinajstić information content (AvgIpc) is 3.32. The number of benzene rings is 1. The van der Waals surface area contributed by atoms with Crippen molar-refractivity contribution in [1.82, 2.24) is 0 Å². The summed E-state index contributed by atoms with van der Waals surface area (Å²) >= 11 is 1.70. The maximum absolute atomic E-state index is 11.2. The molecule has 0 saturated heterocycles. The van der Waals surface area contributed by atoms with Crippen LogP contribution in [0.3, 0.4) is 0 Å². The van der Waals surface area contributed by atoms with Crippen LogP contribution in [0.2, 0.25) is 0 Å². The number of aliphatic imine (C=N–C) groups is 1. The van der Waals surface area contributed by atoms with Crippen molar-refractivity contribution in [1.29, 1.82) is 0 Å². The van der Waals surface area contributed by atoms with Crippen molar-refractivity contribution >= 4 is 17.6 Å². The van der Waals surface area contributed by atoms with E-state index in [0.29, 0.717) is 17.8 Å². The number of aliphatic hydroxyl groups excluding tert-OH is 1. The summed E-state index contributed by atoms with van der Waals surface area (Å²) in [5.74, 6) is 2.82. The Hall–Kier alpha value is -1.65. The zero-order valence-corrected chi connectivity index (χ0v) is 17.5. The molecule has 4 heteroatoms. The van der Waals surface area contributed by atoms with E-state index >= 15 is 0 Å². The molecule has 28 heavy (non-hydrogen) atoms. The highest BCUT2D eigenvalue weighted by atomic mass is 32.1. The first kappa shape index (κ1) is 18.4. The van der Waals surface area contributed by atoms with Gasteiger partial charge in [0.15, 0.2) is 0 Å². The predicted molar refractivity (Wildman–Crippen MR) is 115 cm³/mol. The van der Waals surface area contributed by atoms with Gasteiger partial charge >= 0.3 is 0 Å². The molecular formula is C24H29NO2S. The van der Waals surface area contributed by atoms with Gasteiger partial charge in [-0.2, -0.15) is 0 Å². The van der Waals surface area contributed by atoms with Crippen LogP contribution in [-0.2, 0) is 6.42 Å². The van der Waals surface area contributed by atoms with Crippen molar-refractivity contribution in [2.75, 3.05) is 7.11 Å². The van der Waals surface area contributed by atoms with Gasteiger partial charge in [-0.3, -0.25) is 4.99 Å². The number of ether oxygens (including phenoxy) is 1. The number of hydrogen-bond acceptors (Lipinski definition) is 4. The monoisotopic (exact) mass is 395 g/mol. The van der Waals surface area contributed by atoms with E-state index < -0.39 is 0 Å². The summed E-state index contributed by atoms with van der Waals surface area (Å²) in [5.41, 5.74) is 3.00. The normalized spacial score (nSPS) is 36.8. The van der Waals surface area contributed by atoms with Gasteiger partial charge in [0.25, 0.3) is 0 Å². The third-order valence-electron chi connectivity index (χ3n) is 7.84. The Bertz CT molecular complexity index is 877. The zero-order valence-electron chi connectivity index (χ0n) is 16.7. The lowest BCUT2D eigenvalue weighted by atomic mass is 9.55. The molecule has 1 heterocycles. The van der Waals surface area contributed by atoms with Crippen LogP contribution in [0.4, 0.5) is 0 Å². The molecule has 0 amide bonds. The maximum atomic E-state index is 11.2. The highest BCUT2D eigenvalue weighted by Gasteiger charge is 2.57. The third kappa shape index (κ3) is 2.84. The number of aliphatic hydroxyl groups is 1. The molecule has 0 aliphatic heterocycles.